The number of amides is 3. The Labute approximate surface area is 317 Å². The van der Waals surface area contributed by atoms with E-state index in [1.165, 1.54) is 12.3 Å². The van der Waals surface area contributed by atoms with E-state index >= 15 is 4.39 Å². The van der Waals surface area contributed by atoms with Crippen molar-refractivity contribution in [3.8, 4) is 11.1 Å². The fourth-order valence-electron chi connectivity index (χ4n) is 6.82. The zero-order valence-corrected chi connectivity index (χ0v) is 34.7. The van der Waals surface area contributed by atoms with Gasteiger partial charge in [-0.2, -0.15) is 0 Å². The van der Waals surface area contributed by atoms with Crippen LogP contribution in [0, 0.1) is 18.7 Å². The predicted octanol–water partition coefficient (Wildman–Crippen LogP) is 9.79. The van der Waals surface area contributed by atoms with Gasteiger partial charge in [0, 0.05) is 41.0 Å². The summed E-state index contributed by atoms with van der Waals surface area (Å²) >= 11 is 0. The van der Waals surface area contributed by atoms with Crippen molar-refractivity contribution in [2.24, 2.45) is 5.92 Å². The van der Waals surface area contributed by atoms with Crippen LogP contribution in [0.25, 0.3) is 21.9 Å². The minimum absolute atomic E-state index is 0.00878. The molecule has 0 saturated heterocycles. The van der Waals surface area contributed by atoms with E-state index in [-0.39, 0.29) is 44.7 Å². The van der Waals surface area contributed by atoms with Gasteiger partial charge in [0.25, 0.3) is 0 Å². The van der Waals surface area contributed by atoms with Gasteiger partial charge in [-0.3, -0.25) is 25.3 Å². The molecule has 1 fully saturated rings. The first kappa shape index (κ1) is 40.6. The number of aromatic nitrogens is 2. The molecule has 5 rings (SSSR count). The lowest BCUT2D eigenvalue weighted by molar-refractivity contribution is -0.135. The number of pyridine rings is 2. The van der Waals surface area contributed by atoms with Crippen molar-refractivity contribution in [1.82, 2.24) is 9.97 Å². The van der Waals surface area contributed by atoms with Crippen molar-refractivity contribution in [2.45, 2.75) is 130 Å². The molecule has 2 N–H and O–H groups in total. The first-order valence-corrected chi connectivity index (χ1v) is 21.5. The second kappa shape index (κ2) is 14.2. The minimum Gasteiger partial charge on any atom is -0.444 e. The Kier molecular flexibility index (Phi) is 10.7. The molecule has 1 aliphatic carbocycles. The lowest BCUT2D eigenvalue weighted by Gasteiger charge is -2.48. The van der Waals surface area contributed by atoms with Crippen LogP contribution in [0.3, 0.4) is 0 Å². The Morgan fingerprint density at radius 2 is 1.56 bits per heavy atom. The number of anilines is 3. The molecule has 54 heavy (non-hydrogen) atoms. The van der Waals surface area contributed by atoms with E-state index in [1.807, 2.05) is 6.92 Å². The Balaban J connectivity index is 1.53. The van der Waals surface area contributed by atoms with E-state index in [0.29, 0.717) is 47.3 Å². The molecule has 3 heterocycles. The van der Waals surface area contributed by atoms with E-state index in [2.05, 4.69) is 49.5 Å². The van der Waals surface area contributed by atoms with Gasteiger partial charge in [0.15, 0.2) is 17.7 Å². The third-order valence-electron chi connectivity index (χ3n) is 10.6. The molecule has 2 aliphatic rings. The molecular formula is C40H54FN5O7Si. The maximum atomic E-state index is 16.8. The van der Waals surface area contributed by atoms with Crippen LogP contribution in [0.5, 0.6) is 0 Å². The van der Waals surface area contributed by atoms with Gasteiger partial charge in [0.2, 0.25) is 0 Å². The van der Waals surface area contributed by atoms with Crippen molar-refractivity contribution < 1.29 is 37.8 Å². The summed E-state index contributed by atoms with van der Waals surface area (Å²) in [5.41, 5.74) is 0.398. The molecule has 3 amide bonds. The van der Waals surface area contributed by atoms with Crippen LogP contribution in [0.1, 0.15) is 86.9 Å². The molecule has 3 aromatic rings. The number of rotatable bonds is 5. The summed E-state index contributed by atoms with van der Waals surface area (Å²) in [7, 11) is -1.96. The van der Waals surface area contributed by atoms with Crippen LogP contribution < -0.4 is 15.5 Å². The summed E-state index contributed by atoms with van der Waals surface area (Å²) < 4.78 is 33.5. The van der Waals surface area contributed by atoms with Crippen LogP contribution in [-0.2, 0) is 25.4 Å². The number of carbonyl (C=O) groups excluding carboxylic acids is 4. The Bertz CT molecular complexity index is 2010. The molecule has 3 unspecified atom stereocenters. The fourth-order valence-corrected chi connectivity index (χ4v) is 9.57. The normalized spacial score (nSPS) is 19.1. The zero-order valence-electron chi connectivity index (χ0n) is 33.7. The molecule has 1 aromatic carbocycles. The summed E-state index contributed by atoms with van der Waals surface area (Å²) in [6.07, 6.45) is 0.901. The third-order valence-corrected chi connectivity index (χ3v) is 16.7. The van der Waals surface area contributed by atoms with Crippen molar-refractivity contribution in [3.63, 3.8) is 0 Å². The van der Waals surface area contributed by atoms with E-state index in [0.717, 1.165) is 0 Å². The maximum Gasteiger partial charge on any atom is 0.414 e. The van der Waals surface area contributed by atoms with Crippen molar-refractivity contribution in [3.05, 3.63) is 41.6 Å². The predicted molar refractivity (Wildman–Crippen MR) is 210 cm³/mol. The molecular weight excluding hydrogens is 710 g/mol. The summed E-state index contributed by atoms with van der Waals surface area (Å²) in [4.78, 5) is 63.1. The van der Waals surface area contributed by atoms with Crippen LogP contribution in [0.2, 0.25) is 23.7 Å². The van der Waals surface area contributed by atoms with Crippen LogP contribution in [-0.4, -0.2) is 66.0 Å². The maximum absolute atomic E-state index is 16.8. The van der Waals surface area contributed by atoms with Gasteiger partial charge in [-0.25, -0.2) is 23.8 Å². The molecule has 3 atom stereocenters. The first-order chi connectivity index (χ1) is 24.8. The lowest BCUT2D eigenvalue weighted by atomic mass is 9.91. The molecule has 12 nitrogen and oxygen atoms in total. The van der Waals surface area contributed by atoms with Crippen molar-refractivity contribution in [2.75, 3.05) is 22.1 Å². The van der Waals surface area contributed by atoms with Gasteiger partial charge in [-0.1, -0.05) is 40.8 Å². The van der Waals surface area contributed by atoms with Gasteiger partial charge in [-0.15, -0.1) is 0 Å². The summed E-state index contributed by atoms with van der Waals surface area (Å²) in [5, 5.41) is 5.83. The number of Topliss-reactive ketones (excluding diaryl/α,β-unsaturated/α-hetero) is 1. The number of nitrogens with one attached hydrogen (secondary N) is 2. The van der Waals surface area contributed by atoms with Crippen LogP contribution >= 0.6 is 0 Å². The molecule has 1 aliphatic heterocycles. The summed E-state index contributed by atoms with van der Waals surface area (Å²) in [6.45, 7) is 25.5. The highest BCUT2D eigenvalue weighted by atomic mass is 28.3. The molecule has 2 aromatic heterocycles. The third kappa shape index (κ3) is 8.38. The molecule has 0 spiro atoms. The Hall–Kier alpha value is -4.59. The second-order valence-corrected chi connectivity index (χ2v) is 23.8. The number of ketones is 1. The van der Waals surface area contributed by atoms with Gasteiger partial charge in [0.05, 0.1) is 25.1 Å². The average Bonchev–Trinajstić information content (AvgIpc) is 3.01. The molecule has 1 saturated carbocycles. The molecule has 0 radical (unpaired) electrons. The highest BCUT2D eigenvalue weighted by molar-refractivity contribution is 6.85. The largest absolute Gasteiger partial charge is 0.444 e. The molecule has 14 heteroatoms. The number of fused-ring (bicyclic) bond motifs is 2. The monoisotopic (exact) mass is 763 g/mol. The fraction of sp³-hybridized carbons (Fsp3) is 0.550. The smallest absolute Gasteiger partial charge is 0.414 e. The standard InChI is InChI=1S/C40H54FN5O7Si/c1-21-14-27-33(46(20-21)37(50)53-39(6,7)8)22(2)25(18-42-27)24-15-23-16-30(43-19-26(23)32(31(24)41)45-36(49)52-38(3,4)5)44-35(48)51-28-17-29(34(28)47)54(12,13)40(9,10)11/h15-16,18-19,21,28-29H,14,17,20H2,1-13H3,(H,45,49)(H,43,44,48). The van der Waals surface area contributed by atoms with Gasteiger partial charge in [-0.05, 0) is 95.3 Å². The Morgan fingerprint density at radius 1 is 0.907 bits per heavy atom. The number of nitrogens with zero attached hydrogens (tertiary/aromatic N) is 3. The molecule has 292 valence electrons. The topological polar surface area (TPSA) is 149 Å². The highest BCUT2D eigenvalue weighted by Crippen LogP contribution is 2.51. The van der Waals surface area contributed by atoms with Crippen LogP contribution in [0.15, 0.2) is 24.5 Å². The zero-order chi connectivity index (χ0) is 40.3. The summed E-state index contributed by atoms with van der Waals surface area (Å²) in [6, 6.07) is 3.10. The Morgan fingerprint density at radius 3 is 2.15 bits per heavy atom. The minimum atomic E-state index is -1.96. The number of hydrogen-bond donors (Lipinski definition) is 2. The van der Waals surface area contributed by atoms with E-state index < -0.39 is 49.5 Å². The number of halogens is 1. The van der Waals surface area contributed by atoms with Crippen molar-refractivity contribution >= 4 is 60.1 Å². The summed E-state index contributed by atoms with van der Waals surface area (Å²) in [5.74, 6) is -0.634. The van der Waals surface area contributed by atoms with E-state index in [9.17, 15) is 19.2 Å². The average molecular weight is 764 g/mol. The van der Waals surface area contributed by atoms with Gasteiger partial charge >= 0.3 is 18.3 Å². The molecule has 0 bridgehead atoms. The quantitative estimate of drug-likeness (QED) is 0.191. The van der Waals surface area contributed by atoms with Crippen molar-refractivity contribution in [1.29, 1.82) is 0 Å². The van der Waals surface area contributed by atoms with E-state index in [4.69, 9.17) is 19.2 Å². The highest BCUT2D eigenvalue weighted by Gasteiger charge is 2.55. The number of carbonyl (C=O) groups is 4. The van der Waals surface area contributed by atoms with Gasteiger partial charge in [0.1, 0.15) is 17.0 Å². The number of benzene rings is 1. The van der Waals surface area contributed by atoms with Gasteiger partial charge < -0.3 is 14.2 Å². The number of hydrogen-bond acceptors (Lipinski definition) is 9. The number of ether oxygens (including phenoxy) is 3. The second-order valence-electron chi connectivity index (χ2n) is 18.2. The first-order valence-electron chi connectivity index (χ1n) is 18.4. The lowest BCUT2D eigenvalue weighted by Crippen LogP contribution is -2.56. The van der Waals surface area contributed by atoms with Crippen LogP contribution in [0.4, 0.5) is 36.0 Å². The SMILES string of the molecule is Cc1c(-c2cc3cc(NC(=O)OC4CC([Si](C)(C)C(C)(C)C)C4=O)ncc3c(NC(=O)OC(C)(C)C)c2F)cnc2c1N(C(=O)OC(C)(C)C)CC(C)C2. The van der Waals surface area contributed by atoms with E-state index in [1.54, 1.807) is 65.6 Å².